The quantitative estimate of drug-likeness (QED) is 0.623. The number of aromatic nitrogens is 1. The van der Waals surface area contributed by atoms with E-state index in [0.29, 0.717) is 5.56 Å². The van der Waals surface area contributed by atoms with Crippen molar-refractivity contribution in [3.63, 3.8) is 0 Å². The Bertz CT molecular complexity index is 333. The van der Waals surface area contributed by atoms with Crippen LogP contribution >= 0.6 is 0 Å². The molecule has 1 aliphatic heterocycles. The molecule has 0 saturated carbocycles. The average molecular weight is 162 g/mol. The zero-order chi connectivity index (χ0) is 8.55. The lowest BCUT2D eigenvalue weighted by Gasteiger charge is -1.98. The van der Waals surface area contributed by atoms with E-state index in [2.05, 4.69) is 10.3 Å². The third kappa shape index (κ3) is 1.12. The average Bonchev–Trinajstić information content (AvgIpc) is 2.49. The fourth-order valence-electron chi connectivity index (χ4n) is 1.36. The summed E-state index contributed by atoms with van der Waals surface area (Å²) in [5.74, 6) is 0.0807. The second-order valence-electron chi connectivity index (χ2n) is 2.99. The van der Waals surface area contributed by atoms with Gasteiger partial charge in [0.25, 0.3) is 0 Å². The van der Waals surface area contributed by atoms with Crippen LogP contribution in [0.2, 0.25) is 0 Å². The van der Waals surface area contributed by atoms with Crippen LogP contribution in [0.1, 0.15) is 28.5 Å². The minimum atomic E-state index is 0.0807. The zero-order valence-electron chi connectivity index (χ0n) is 6.92. The molecular weight excluding hydrogens is 152 g/mol. The van der Waals surface area contributed by atoms with Gasteiger partial charge in [0.15, 0.2) is 5.78 Å². The topological polar surface area (TPSA) is 42.0 Å². The third-order valence-electron chi connectivity index (χ3n) is 2.07. The fraction of sp³-hybridized carbons (Fsp3) is 0.333. The normalized spacial score (nSPS) is 14.4. The first-order valence-corrected chi connectivity index (χ1v) is 3.97. The molecule has 0 aromatic carbocycles. The molecule has 1 aromatic heterocycles. The Kier molecular flexibility index (Phi) is 1.66. The highest BCUT2D eigenvalue weighted by molar-refractivity contribution is 5.93. The number of hydrogen-bond donors (Lipinski definition) is 1. The molecule has 1 aromatic rings. The Hall–Kier alpha value is -1.22. The van der Waals surface area contributed by atoms with Crippen LogP contribution in [0.25, 0.3) is 0 Å². The summed E-state index contributed by atoms with van der Waals surface area (Å²) in [6, 6.07) is 1.92. The first-order valence-electron chi connectivity index (χ1n) is 3.97. The Morgan fingerprint density at radius 1 is 1.58 bits per heavy atom. The van der Waals surface area contributed by atoms with Gasteiger partial charge in [0.2, 0.25) is 0 Å². The van der Waals surface area contributed by atoms with Crippen LogP contribution in [0.15, 0.2) is 12.3 Å². The molecule has 0 atom stereocenters. The van der Waals surface area contributed by atoms with Crippen molar-refractivity contribution in [3.05, 3.63) is 29.1 Å². The summed E-state index contributed by atoms with van der Waals surface area (Å²) in [6.07, 6.45) is 1.65. The fourth-order valence-corrected chi connectivity index (χ4v) is 1.36. The van der Waals surface area contributed by atoms with Gasteiger partial charge in [0.05, 0.1) is 5.69 Å². The van der Waals surface area contributed by atoms with E-state index in [-0.39, 0.29) is 5.78 Å². The monoisotopic (exact) mass is 162 g/mol. The highest BCUT2D eigenvalue weighted by atomic mass is 16.1. The highest BCUT2D eigenvalue weighted by Gasteiger charge is 2.12. The van der Waals surface area contributed by atoms with Crippen LogP contribution in [-0.4, -0.2) is 10.8 Å². The molecule has 62 valence electrons. The molecule has 0 saturated heterocycles. The van der Waals surface area contributed by atoms with Crippen LogP contribution in [0, 0.1) is 0 Å². The smallest absolute Gasteiger partial charge is 0.161 e. The lowest BCUT2D eigenvalue weighted by atomic mass is 10.1. The van der Waals surface area contributed by atoms with Gasteiger partial charge in [-0.3, -0.25) is 9.78 Å². The van der Waals surface area contributed by atoms with Gasteiger partial charge >= 0.3 is 0 Å². The summed E-state index contributed by atoms with van der Waals surface area (Å²) in [6.45, 7) is 3.22. The summed E-state index contributed by atoms with van der Waals surface area (Å²) in [7, 11) is 0. The minimum Gasteiger partial charge on any atom is -0.307 e. The van der Waals surface area contributed by atoms with Crippen molar-refractivity contribution >= 4 is 5.78 Å². The number of hydrogen-bond acceptors (Lipinski definition) is 3. The van der Waals surface area contributed by atoms with Gasteiger partial charge in [0.1, 0.15) is 0 Å². The zero-order valence-corrected chi connectivity index (χ0v) is 6.92. The van der Waals surface area contributed by atoms with Crippen molar-refractivity contribution in [2.45, 2.75) is 20.0 Å². The summed E-state index contributed by atoms with van der Waals surface area (Å²) in [5, 5.41) is 3.18. The maximum Gasteiger partial charge on any atom is 0.161 e. The molecule has 1 N–H and O–H groups in total. The van der Waals surface area contributed by atoms with Gasteiger partial charge in [-0.2, -0.15) is 0 Å². The van der Waals surface area contributed by atoms with E-state index in [1.165, 1.54) is 0 Å². The predicted octanol–water partition coefficient (Wildman–Crippen LogP) is 0.887. The molecule has 2 rings (SSSR count). The number of nitrogens with one attached hydrogen (secondary N) is 1. The van der Waals surface area contributed by atoms with E-state index in [4.69, 9.17) is 0 Å². The first-order chi connectivity index (χ1) is 5.77. The van der Waals surface area contributed by atoms with Crippen LogP contribution in [0.3, 0.4) is 0 Å². The molecule has 0 fully saturated rings. The Morgan fingerprint density at radius 2 is 2.42 bits per heavy atom. The van der Waals surface area contributed by atoms with Gasteiger partial charge in [-0.15, -0.1) is 0 Å². The van der Waals surface area contributed by atoms with Gasteiger partial charge < -0.3 is 5.32 Å². The molecular formula is C9H10N2O. The summed E-state index contributed by atoms with van der Waals surface area (Å²) in [5.41, 5.74) is 2.93. The van der Waals surface area contributed by atoms with Crippen molar-refractivity contribution in [2.24, 2.45) is 0 Å². The molecule has 0 bridgehead atoms. The second-order valence-corrected chi connectivity index (χ2v) is 2.99. The van der Waals surface area contributed by atoms with E-state index >= 15 is 0 Å². The van der Waals surface area contributed by atoms with Gasteiger partial charge in [-0.1, -0.05) is 0 Å². The molecule has 0 radical (unpaired) electrons. The van der Waals surface area contributed by atoms with Crippen LogP contribution in [0.4, 0.5) is 0 Å². The number of carbonyl (C=O) groups is 1. The van der Waals surface area contributed by atoms with Gasteiger partial charge in [0, 0.05) is 24.8 Å². The minimum absolute atomic E-state index is 0.0807. The number of nitrogens with zero attached hydrogens (tertiary/aromatic N) is 1. The molecule has 2 heterocycles. The number of pyridine rings is 1. The standard InChI is InChI=1S/C9H10N2O/c1-6(12)7-2-8-3-10-5-9(8)11-4-7/h2,4,10H,3,5H2,1H3. The number of Topliss-reactive ketones (excluding diaryl/α,β-unsaturated/α-hetero) is 1. The molecule has 3 heteroatoms. The number of rotatable bonds is 1. The molecule has 0 spiro atoms. The van der Waals surface area contributed by atoms with E-state index in [0.717, 1.165) is 24.3 Å². The SMILES string of the molecule is CC(=O)c1cnc2c(c1)CNC2. The predicted molar refractivity (Wildman–Crippen MR) is 44.8 cm³/mol. The lowest BCUT2D eigenvalue weighted by molar-refractivity contribution is 0.101. The van der Waals surface area contributed by atoms with Crippen LogP contribution < -0.4 is 5.32 Å². The molecule has 1 aliphatic rings. The molecule has 0 unspecified atom stereocenters. The van der Waals surface area contributed by atoms with Crippen molar-refractivity contribution in [1.82, 2.24) is 10.3 Å². The van der Waals surface area contributed by atoms with Crippen molar-refractivity contribution in [1.29, 1.82) is 0 Å². The summed E-state index contributed by atoms with van der Waals surface area (Å²) in [4.78, 5) is 15.2. The van der Waals surface area contributed by atoms with Gasteiger partial charge in [-0.25, -0.2) is 0 Å². The lowest BCUT2D eigenvalue weighted by Crippen LogP contribution is -2.00. The van der Waals surface area contributed by atoms with Crippen LogP contribution in [0.5, 0.6) is 0 Å². The maximum atomic E-state index is 11.0. The maximum absolute atomic E-state index is 11.0. The Balaban J connectivity index is 2.45. The van der Waals surface area contributed by atoms with Crippen molar-refractivity contribution < 1.29 is 4.79 Å². The van der Waals surface area contributed by atoms with Gasteiger partial charge in [-0.05, 0) is 18.6 Å². The number of carbonyl (C=O) groups excluding carboxylic acids is 1. The summed E-state index contributed by atoms with van der Waals surface area (Å²) >= 11 is 0. The number of fused-ring (bicyclic) bond motifs is 1. The Morgan fingerprint density at radius 3 is 3.17 bits per heavy atom. The number of ketones is 1. The third-order valence-corrected chi connectivity index (χ3v) is 2.07. The van der Waals surface area contributed by atoms with E-state index in [1.54, 1.807) is 13.1 Å². The second kappa shape index (κ2) is 2.68. The van der Waals surface area contributed by atoms with E-state index in [9.17, 15) is 4.79 Å². The van der Waals surface area contributed by atoms with Crippen LogP contribution in [-0.2, 0) is 13.1 Å². The highest BCUT2D eigenvalue weighted by Crippen LogP contribution is 2.14. The van der Waals surface area contributed by atoms with E-state index < -0.39 is 0 Å². The molecule has 0 aliphatic carbocycles. The molecule has 3 nitrogen and oxygen atoms in total. The molecule has 0 amide bonds. The van der Waals surface area contributed by atoms with Crippen molar-refractivity contribution in [3.8, 4) is 0 Å². The Labute approximate surface area is 70.8 Å². The van der Waals surface area contributed by atoms with Crippen molar-refractivity contribution in [2.75, 3.05) is 0 Å². The first kappa shape index (κ1) is 7.43. The molecule has 12 heavy (non-hydrogen) atoms. The largest absolute Gasteiger partial charge is 0.307 e. The summed E-state index contributed by atoms with van der Waals surface area (Å²) < 4.78 is 0. The van der Waals surface area contributed by atoms with E-state index in [1.807, 2.05) is 6.07 Å².